The molecule has 3 aliphatic rings. The molecular formula is C26H23FN4O3. The average Bonchev–Trinajstić information content (AvgIpc) is 3.33. The smallest absolute Gasteiger partial charge is 0.338 e. The van der Waals surface area contributed by atoms with Crippen molar-refractivity contribution in [2.24, 2.45) is 5.92 Å². The summed E-state index contributed by atoms with van der Waals surface area (Å²) in [6.45, 7) is 1.17. The second kappa shape index (κ2) is 7.90. The highest BCUT2D eigenvalue weighted by Crippen LogP contribution is 2.33. The molecule has 1 saturated carbocycles. The van der Waals surface area contributed by atoms with Gasteiger partial charge in [-0.15, -0.1) is 0 Å². The van der Waals surface area contributed by atoms with Crippen LogP contribution in [0.1, 0.15) is 47.4 Å². The monoisotopic (exact) mass is 458 g/mol. The Morgan fingerprint density at radius 3 is 2.65 bits per heavy atom. The van der Waals surface area contributed by atoms with Gasteiger partial charge in [0.25, 0.3) is 0 Å². The molecule has 0 unspecified atom stereocenters. The van der Waals surface area contributed by atoms with Gasteiger partial charge in [-0.25, -0.2) is 18.9 Å². The molecule has 0 atom stereocenters. The number of amides is 1. The third-order valence-corrected chi connectivity index (χ3v) is 6.92. The standard InChI is InChI=1S/C26H23FN4O3/c27-21-13-18(17-3-6-20-19(12-17)5-8-23(20)32)4-7-22(21)31-24(28-29-26(31)34)11-15-9-10-30(14-15)25(33)16-1-2-16/h3-4,6-7,11-13,16H,1-2,5,8-10,14H2,(H,29,34)/b15-11+. The first-order valence-electron chi connectivity index (χ1n) is 11.6. The predicted octanol–water partition coefficient (Wildman–Crippen LogP) is 3.52. The largest absolute Gasteiger partial charge is 0.348 e. The van der Waals surface area contributed by atoms with Crippen molar-refractivity contribution in [1.82, 2.24) is 19.7 Å². The minimum Gasteiger partial charge on any atom is -0.338 e. The number of halogens is 1. The van der Waals surface area contributed by atoms with Crippen LogP contribution in [0.3, 0.4) is 0 Å². The van der Waals surface area contributed by atoms with E-state index in [1.807, 2.05) is 17.0 Å². The van der Waals surface area contributed by atoms with E-state index in [0.29, 0.717) is 43.7 Å². The Bertz CT molecular complexity index is 1430. The SMILES string of the molecule is O=C1CCc2cc(-c3ccc(-n4c(/C=C5\CCN(C(=O)C6CC6)C5)n[nH]c4=O)c(F)c3)ccc21. The van der Waals surface area contributed by atoms with Crippen molar-refractivity contribution in [2.45, 2.75) is 32.1 Å². The van der Waals surface area contributed by atoms with E-state index in [-0.39, 0.29) is 23.3 Å². The Kier molecular flexibility index (Phi) is 4.83. The molecule has 172 valence electrons. The summed E-state index contributed by atoms with van der Waals surface area (Å²) in [5.41, 5.74) is 3.79. The maximum Gasteiger partial charge on any atom is 0.348 e. The summed E-state index contributed by atoms with van der Waals surface area (Å²) >= 11 is 0. The zero-order valence-corrected chi connectivity index (χ0v) is 18.5. The number of likely N-dealkylation sites (tertiary alicyclic amines) is 1. The van der Waals surface area contributed by atoms with Crippen molar-refractivity contribution in [1.29, 1.82) is 0 Å². The molecule has 6 rings (SSSR count). The Hall–Kier alpha value is -3.81. The van der Waals surface area contributed by atoms with Gasteiger partial charge >= 0.3 is 5.69 Å². The van der Waals surface area contributed by atoms with Gasteiger partial charge in [-0.1, -0.05) is 24.3 Å². The van der Waals surface area contributed by atoms with E-state index in [2.05, 4.69) is 10.2 Å². The Morgan fingerprint density at radius 2 is 1.85 bits per heavy atom. The summed E-state index contributed by atoms with van der Waals surface area (Å²) in [6.07, 6.45) is 5.62. The lowest BCUT2D eigenvalue weighted by atomic mass is 10.00. The van der Waals surface area contributed by atoms with Crippen LogP contribution in [0.4, 0.5) is 4.39 Å². The number of nitrogens with one attached hydrogen (secondary N) is 1. The van der Waals surface area contributed by atoms with Crippen molar-refractivity contribution in [3.63, 3.8) is 0 Å². The lowest BCUT2D eigenvalue weighted by molar-refractivity contribution is -0.131. The number of fused-ring (bicyclic) bond motifs is 1. The van der Waals surface area contributed by atoms with Crippen molar-refractivity contribution >= 4 is 17.8 Å². The van der Waals surface area contributed by atoms with E-state index in [9.17, 15) is 14.4 Å². The first-order chi connectivity index (χ1) is 16.5. The average molecular weight is 458 g/mol. The molecule has 1 aromatic heterocycles. The van der Waals surface area contributed by atoms with Gasteiger partial charge in [-0.3, -0.25) is 9.59 Å². The molecule has 34 heavy (non-hydrogen) atoms. The summed E-state index contributed by atoms with van der Waals surface area (Å²) in [5.74, 6) is 0.269. The normalized spacial score (nSPS) is 18.7. The quantitative estimate of drug-likeness (QED) is 0.648. The number of aryl methyl sites for hydroxylation is 1. The first-order valence-corrected chi connectivity index (χ1v) is 11.6. The molecule has 1 amide bonds. The molecular weight excluding hydrogens is 435 g/mol. The second-order valence-corrected chi connectivity index (χ2v) is 9.27. The number of hydrogen-bond acceptors (Lipinski definition) is 4. The van der Waals surface area contributed by atoms with Crippen LogP contribution in [0.25, 0.3) is 22.9 Å². The third kappa shape index (κ3) is 3.59. The van der Waals surface area contributed by atoms with Gasteiger partial charge in [0.15, 0.2) is 11.6 Å². The van der Waals surface area contributed by atoms with Crippen LogP contribution in [-0.4, -0.2) is 44.4 Å². The molecule has 0 radical (unpaired) electrons. The summed E-state index contributed by atoms with van der Waals surface area (Å²) in [6, 6.07) is 10.3. The number of Topliss-reactive ketones (excluding diaryl/α,β-unsaturated/α-hetero) is 1. The van der Waals surface area contributed by atoms with Crippen molar-refractivity contribution < 1.29 is 14.0 Å². The number of carbonyl (C=O) groups is 2. The van der Waals surface area contributed by atoms with Crippen LogP contribution in [0.2, 0.25) is 0 Å². The fourth-order valence-corrected chi connectivity index (χ4v) is 4.90. The highest BCUT2D eigenvalue weighted by atomic mass is 19.1. The number of aromatic nitrogens is 3. The number of nitrogens with zero attached hydrogens (tertiary/aromatic N) is 3. The molecule has 1 N–H and O–H groups in total. The van der Waals surface area contributed by atoms with Gasteiger partial charge in [0.2, 0.25) is 5.91 Å². The van der Waals surface area contributed by atoms with Gasteiger partial charge in [-0.05, 0) is 66.2 Å². The molecule has 2 fully saturated rings. The number of ketones is 1. The fraction of sp³-hybridized carbons (Fsp3) is 0.308. The van der Waals surface area contributed by atoms with E-state index < -0.39 is 11.5 Å². The fourth-order valence-electron chi connectivity index (χ4n) is 4.90. The summed E-state index contributed by atoms with van der Waals surface area (Å²) < 4.78 is 16.5. The van der Waals surface area contributed by atoms with Crippen LogP contribution in [-0.2, 0) is 11.2 Å². The van der Waals surface area contributed by atoms with Crippen molar-refractivity contribution in [3.05, 3.63) is 75.2 Å². The van der Waals surface area contributed by atoms with Gasteiger partial charge < -0.3 is 4.90 Å². The van der Waals surface area contributed by atoms with E-state index in [1.54, 1.807) is 24.3 Å². The molecule has 3 aromatic rings. The van der Waals surface area contributed by atoms with Gasteiger partial charge in [0, 0.05) is 31.0 Å². The molecule has 8 heteroatoms. The number of hydrogen-bond donors (Lipinski definition) is 1. The molecule has 1 saturated heterocycles. The Balaban J connectivity index is 1.29. The molecule has 2 heterocycles. The lowest BCUT2D eigenvalue weighted by Crippen LogP contribution is -2.29. The number of aromatic amines is 1. The first kappa shape index (κ1) is 20.8. The topological polar surface area (TPSA) is 88.1 Å². The van der Waals surface area contributed by atoms with Crippen LogP contribution in [0.5, 0.6) is 0 Å². The lowest BCUT2D eigenvalue weighted by Gasteiger charge is -2.14. The molecule has 0 spiro atoms. The van der Waals surface area contributed by atoms with Gasteiger partial charge in [-0.2, -0.15) is 5.10 Å². The number of carbonyl (C=O) groups excluding carboxylic acids is 2. The maximum absolute atomic E-state index is 15.2. The van der Waals surface area contributed by atoms with E-state index in [4.69, 9.17) is 0 Å². The summed E-state index contributed by atoms with van der Waals surface area (Å²) in [5, 5.41) is 6.50. The predicted molar refractivity (Wildman–Crippen MR) is 124 cm³/mol. The second-order valence-electron chi connectivity index (χ2n) is 9.27. The highest BCUT2D eigenvalue weighted by Gasteiger charge is 2.35. The molecule has 2 aromatic carbocycles. The van der Waals surface area contributed by atoms with Crippen LogP contribution in [0.15, 0.2) is 46.8 Å². The van der Waals surface area contributed by atoms with Gasteiger partial charge in [0.05, 0.1) is 5.69 Å². The Morgan fingerprint density at radius 1 is 1.06 bits per heavy atom. The van der Waals surface area contributed by atoms with Crippen LogP contribution >= 0.6 is 0 Å². The van der Waals surface area contributed by atoms with E-state index in [0.717, 1.165) is 35.1 Å². The zero-order valence-electron chi connectivity index (χ0n) is 18.5. The van der Waals surface area contributed by atoms with E-state index >= 15 is 4.39 Å². The maximum atomic E-state index is 15.2. The van der Waals surface area contributed by atoms with Crippen LogP contribution in [0, 0.1) is 11.7 Å². The van der Waals surface area contributed by atoms with Crippen molar-refractivity contribution in [2.75, 3.05) is 13.1 Å². The molecule has 1 aliphatic heterocycles. The molecule has 2 aliphatic carbocycles. The van der Waals surface area contributed by atoms with Gasteiger partial charge in [0.1, 0.15) is 5.82 Å². The molecule has 7 nitrogen and oxygen atoms in total. The van der Waals surface area contributed by atoms with Crippen molar-refractivity contribution in [3.8, 4) is 16.8 Å². The zero-order chi connectivity index (χ0) is 23.4. The summed E-state index contributed by atoms with van der Waals surface area (Å²) in [4.78, 5) is 38.6. The molecule has 0 bridgehead atoms. The third-order valence-electron chi connectivity index (χ3n) is 6.92. The number of rotatable bonds is 4. The number of H-pyrrole nitrogens is 1. The minimum atomic E-state index is -0.547. The van der Waals surface area contributed by atoms with E-state index in [1.165, 1.54) is 10.6 Å². The number of benzene rings is 2. The Labute approximate surface area is 194 Å². The summed E-state index contributed by atoms with van der Waals surface area (Å²) in [7, 11) is 0. The minimum absolute atomic E-state index is 0.106. The van der Waals surface area contributed by atoms with Crippen LogP contribution < -0.4 is 5.69 Å². The highest BCUT2D eigenvalue weighted by molar-refractivity contribution is 6.01.